The summed E-state index contributed by atoms with van der Waals surface area (Å²) in [4.78, 5) is 14.3. The van der Waals surface area contributed by atoms with Gasteiger partial charge in [0, 0.05) is 29.1 Å². The van der Waals surface area contributed by atoms with Crippen LogP contribution in [0.4, 0.5) is 0 Å². The van der Waals surface area contributed by atoms with Gasteiger partial charge in [-0.15, -0.1) is 0 Å². The van der Waals surface area contributed by atoms with E-state index >= 15 is 0 Å². The van der Waals surface area contributed by atoms with E-state index in [9.17, 15) is 9.90 Å². The Balaban J connectivity index is 2.12. The van der Waals surface area contributed by atoms with Gasteiger partial charge >= 0.3 is 0 Å². The van der Waals surface area contributed by atoms with Gasteiger partial charge in [0.1, 0.15) is 5.75 Å². The van der Waals surface area contributed by atoms with E-state index < -0.39 is 0 Å². The summed E-state index contributed by atoms with van der Waals surface area (Å²) in [6.45, 7) is 3.45. The molecule has 1 amide bonds. The van der Waals surface area contributed by atoms with Crippen molar-refractivity contribution in [1.29, 1.82) is 0 Å². The number of likely N-dealkylation sites (tertiary alicyclic amines) is 1. The van der Waals surface area contributed by atoms with Gasteiger partial charge in [-0.1, -0.05) is 24.6 Å². The molecule has 0 aromatic heterocycles. The minimum atomic E-state index is -0.196. The second kappa shape index (κ2) is 6.67. The van der Waals surface area contributed by atoms with Crippen LogP contribution in [0.15, 0.2) is 18.2 Å². The standard InChI is InChI=1S/C16H22ClNO3/c1-16(11-19)7-4-8-18(10-16)15(20)9-12-13(17)5-3-6-14(12)21-2/h3,5-6,19H,4,7-11H2,1-2H3/t16-/m1/s1. The van der Waals surface area contributed by atoms with Crippen molar-refractivity contribution < 1.29 is 14.6 Å². The topological polar surface area (TPSA) is 49.8 Å². The van der Waals surface area contributed by atoms with Crippen molar-refractivity contribution in [3.63, 3.8) is 0 Å². The van der Waals surface area contributed by atoms with Crippen LogP contribution in [0, 0.1) is 5.41 Å². The highest BCUT2D eigenvalue weighted by Crippen LogP contribution is 2.31. The summed E-state index contributed by atoms with van der Waals surface area (Å²) in [5, 5.41) is 10.0. The number of carbonyl (C=O) groups excluding carboxylic acids is 1. The number of carbonyl (C=O) groups is 1. The number of piperidine rings is 1. The molecule has 1 saturated heterocycles. The number of benzene rings is 1. The summed E-state index contributed by atoms with van der Waals surface area (Å²) >= 11 is 6.18. The van der Waals surface area contributed by atoms with Gasteiger partial charge in [-0.05, 0) is 25.0 Å². The Hall–Kier alpha value is -1.26. The smallest absolute Gasteiger partial charge is 0.227 e. The first-order valence-corrected chi connectivity index (χ1v) is 7.57. The summed E-state index contributed by atoms with van der Waals surface area (Å²) in [5.41, 5.74) is 0.529. The Labute approximate surface area is 130 Å². The molecule has 0 aliphatic carbocycles. The predicted molar refractivity (Wildman–Crippen MR) is 82.7 cm³/mol. The van der Waals surface area contributed by atoms with Crippen molar-refractivity contribution >= 4 is 17.5 Å². The van der Waals surface area contributed by atoms with E-state index in [-0.39, 0.29) is 24.3 Å². The minimum Gasteiger partial charge on any atom is -0.496 e. The molecule has 1 N–H and O–H groups in total. The molecule has 0 bridgehead atoms. The van der Waals surface area contributed by atoms with E-state index in [2.05, 4.69) is 0 Å². The summed E-state index contributed by atoms with van der Waals surface area (Å²) in [6.07, 6.45) is 2.09. The van der Waals surface area contributed by atoms with E-state index in [1.807, 2.05) is 17.9 Å². The average Bonchev–Trinajstić information content (AvgIpc) is 2.49. The van der Waals surface area contributed by atoms with Crippen LogP contribution in [-0.2, 0) is 11.2 Å². The molecule has 1 fully saturated rings. The number of nitrogens with zero attached hydrogens (tertiary/aromatic N) is 1. The molecule has 0 saturated carbocycles. The number of hydrogen-bond acceptors (Lipinski definition) is 3. The maximum atomic E-state index is 12.5. The lowest BCUT2D eigenvalue weighted by Gasteiger charge is -2.39. The molecule has 21 heavy (non-hydrogen) atoms. The molecule has 1 aromatic carbocycles. The van der Waals surface area contributed by atoms with Gasteiger partial charge in [0.05, 0.1) is 20.1 Å². The minimum absolute atomic E-state index is 0.0285. The summed E-state index contributed by atoms with van der Waals surface area (Å²) in [6, 6.07) is 5.38. The molecule has 4 nitrogen and oxygen atoms in total. The average molecular weight is 312 g/mol. The van der Waals surface area contributed by atoms with Crippen molar-refractivity contribution in [2.24, 2.45) is 5.41 Å². The van der Waals surface area contributed by atoms with Gasteiger partial charge in [0.2, 0.25) is 5.91 Å². The molecule has 1 heterocycles. The second-order valence-electron chi connectivity index (χ2n) is 5.99. The van der Waals surface area contributed by atoms with E-state index in [4.69, 9.17) is 16.3 Å². The van der Waals surface area contributed by atoms with E-state index in [0.717, 1.165) is 24.9 Å². The highest BCUT2D eigenvalue weighted by atomic mass is 35.5. The molecule has 0 spiro atoms. The van der Waals surface area contributed by atoms with Crippen LogP contribution in [-0.4, -0.2) is 42.7 Å². The number of ether oxygens (including phenoxy) is 1. The quantitative estimate of drug-likeness (QED) is 0.929. The number of hydrogen-bond donors (Lipinski definition) is 1. The fraction of sp³-hybridized carbons (Fsp3) is 0.562. The fourth-order valence-corrected chi connectivity index (χ4v) is 3.05. The van der Waals surface area contributed by atoms with Gasteiger partial charge in [-0.25, -0.2) is 0 Å². The van der Waals surface area contributed by atoms with Crippen LogP contribution in [0.1, 0.15) is 25.3 Å². The Kier molecular flexibility index (Phi) is 5.12. The highest BCUT2D eigenvalue weighted by molar-refractivity contribution is 6.31. The molecule has 116 valence electrons. The van der Waals surface area contributed by atoms with Gasteiger partial charge < -0.3 is 14.7 Å². The molecule has 0 radical (unpaired) electrons. The van der Waals surface area contributed by atoms with Gasteiger partial charge in [0.25, 0.3) is 0 Å². The first-order valence-electron chi connectivity index (χ1n) is 7.19. The maximum absolute atomic E-state index is 12.5. The third kappa shape index (κ3) is 3.69. The zero-order valence-electron chi connectivity index (χ0n) is 12.6. The SMILES string of the molecule is COc1cccc(Cl)c1CC(=O)N1CCC[C@@](C)(CO)C1. The Morgan fingerprint density at radius 3 is 2.95 bits per heavy atom. The van der Waals surface area contributed by atoms with E-state index in [0.29, 0.717) is 17.3 Å². The van der Waals surface area contributed by atoms with Gasteiger partial charge in [-0.3, -0.25) is 4.79 Å². The molecule has 2 rings (SSSR count). The predicted octanol–water partition coefficient (Wildman–Crippen LogP) is 2.51. The Morgan fingerprint density at radius 2 is 2.29 bits per heavy atom. The third-order valence-corrected chi connectivity index (χ3v) is 4.49. The zero-order chi connectivity index (χ0) is 15.5. The summed E-state index contributed by atoms with van der Waals surface area (Å²) < 4.78 is 5.28. The van der Waals surface area contributed by atoms with Crippen LogP contribution < -0.4 is 4.74 Å². The number of aliphatic hydroxyl groups is 1. The first-order chi connectivity index (χ1) is 9.99. The van der Waals surface area contributed by atoms with Crippen molar-refractivity contribution in [2.45, 2.75) is 26.2 Å². The van der Waals surface area contributed by atoms with Crippen LogP contribution in [0.2, 0.25) is 5.02 Å². The third-order valence-electron chi connectivity index (χ3n) is 4.14. The van der Waals surface area contributed by atoms with Crippen molar-refractivity contribution in [3.8, 4) is 5.75 Å². The Morgan fingerprint density at radius 1 is 1.52 bits per heavy atom. The zero-order valence-corrected chi connectivity index (χ0v) is 13.3. The number of halogens is 1. The van der Waals surface area contributed by atoms with Crippen LogP contribution in [0.3, 0.4) is 0 Å². The summed E-state index contributed by atoms with van der Waals surface area (Å²) in [7, 11) is 1.57. The van der Waals surface area contributed by atoms with Crippen molar-refractivity contribution in [2.75, 3.05) is 26.8 Å². The number of amides is 1. The number of aliphatic hydroxyl groups excluding tert-OH is 1. The monoisotopic (exact) mass is 311 g/mol. The van der Waals surface area contributed by atoms with Crippen LogP contribution in [0.25, 0.3) is 0 Å². The molecule has 1 atom stereocenters. The molecule has 5 heteroatoms. The largest absolute Gasteiger partial charge is 0.496 e. The van der Waals surface area contributed by atoms with Crippen molar-refractivity contribution in [3.05, 3.63) is 28.8 Å². The molecular formula is C16H22ClNO3. The summed E-state index contributed by atoms with van der Waals surface area (Å²) in [5.74, 6) is 0.665. The lowest BCUT2D eigenvalue weighted by atomic mass is 9.82. The number of rotatable bonds is 4. The Bertz CT molecular complexity index is 520. The van der Waals surface area contributed by atoms with Crippen LogP contribution >= 0.6 is 11.6 Å². The lowest BCUT2D eigenvalue weighted by molar-refractivity contribution is -0.134. The second-order valence-corrected chi connectivity index (χ2v) is 6.39. The van der Waals surface area contributed by atoms with Gasteiger partial charge in [0.15, 0.2) is 0 Å². The van der Waals surface area contributed by atoms with Crippen LogP contribution in [0.5, 0.6) is 5.75 Å². The molecule has 0 unspecified atom stereocenters. The molecular weight excluding hydrogens is 290 g/mol. The first kappa shape index (κ1) is 16.1. The van der Waals surface area contributed by atoms with Crippen molar-refractivity contribution in [1.82, 2.24) is 4.90 Å². The normalized spacial score (nSPS) is 22.2. The molecule has 1 aliphatic heterocycles. The highest BCUT2D eigenvalue weighted by Gasteiger charge is 2.32. The molecule has 1 aliphatic rings. The lowest BCUT2D eigenvalue weighted by Crippen LogP contribution is -2.46. The number of methoxy groups -OCH3 is 1. The van der Waals surface area contributed by atoms with E-state index in [1.165, 1.54) is 0 Å². The van der Waals surface area contributed by atoms with E-state index in [1.54, 1.807) is 19.2 Å². The maximum Gasteiger partial charge on any atom is 0.227 e. The molecule has 1 aromatic rings. The van der Waals surface area contributed by atoms with Gasteiger partial charge in [-0.2, -0.15) is 0 Å². The fourth-order valence-electron chi connectivity index (χ4n) is 2.82.